The Morgan fingerprint density at radius 2 is 1.79 bits per heavy atom. The number of aliphatic hydroxyl groups is 1. The highest BCUT2D eigenvalue weighted by atomic mass is 19.1. The third-order valence-corrected chi connectivity index (χ3v) is 5.34. The molecule has 6 heteroatoms. The van der Waals surface area contributed by atoms with Crippen molar-refractivity contribution < 1.29 is 19.0 Å². The lowest BCUT2D eigenvalue weighted by Crippen LogP contribution is -2.45. The van der Waals surface area contributed by atoms with E-state index >= 15 is 0 Å². The van der Waals surface area contributed by atoms with Crippen LogP contribution in [-0.4, -0.2) is 49.2 Å². The summed E-state index contributed by atoms with van der Waals surface area (Å²) >= 11 is 0. The standard InChI is InChI=1S/C22H27FN2O3/c1-28-20-8-2-17(3-9-20)16-21(26)24-12-15-25-13-10-22(27,11-14-25)18-4-6-19(23)7-5-18/h2-9,27H,10-16H2,1H3,(H,24,26). The Balaban J connectivity index is 1.39. The minimum atomic E-state index is -0.901. The van der Waals surface area contributed by atoms with Crippen molar-refractivity contribution >= 4 is 5.91 Å². The van der Waals surface area contributed by atoms with E-state index < -0.39 is 5.60 Å². The van der Waals surface area contributed by atoms with Crippen LogP contribution in [0.5, 0.6) is 5.75 Å². The normalized spacial score (nSPS) is 16.5. The molecule has 3 rings (SSSR count). The van der Waals surface area contributed by atoms with Gasteiger partial charge in [-0.3, -0.25) is 4.79 Å². The van der Waals surface area contributed by atoms with Gasteiger partial charge in [0, 0.05) is 26.2 Å². The number of nitrogens with one attached hydrogen (secondary N) is 1. The number of benzene rings is 2. The number of carbonyl (C=O) groups excluding carboxylic acids is 1. The van der Waals surface area contributed by atoms with E-state index in [4.69, 9.17) is 4.74 Å². The molecule has 150 valence electrons. The minimum Gasteiger partial charge on any atom is -0.497 e. The number of hydrogen-bond donors (Lipinski definition) is 2. The molecule has 0 atom stereocenters. The summed E-state index contributed by atoms with van der Waals surface area (Å²) in [5, 5.41) is 13.8. The zero-order valence-corrected chi connectivity index (χ0v) is 16.2. The first-order chi connectivity index (χ1) is 13.5. The van der Waals surface area contributed by atoms with Gasteiger partial charge in [-0.15, -0.1) is 0 Å². The van der Waals surface area contributed by atoms with Gasteiger partial charge in [0.15, 0.2) is 0 Å². The van der Waals surface area contributed by atoms with Crippen LogP contribution in [0.1, 0.15) is 24.0 Å². The highest BCUT2D eigenvalue weighted by molar-refractivity contribution is 5.78. The molecule has 1 aliphatic heterocycles. The van der Waals surface area contributed by atoms with Crippen LogP contribution in [0.3, 0.4) is 0 Å². The molecule has 1 saturated heterocycles. The maximum absolute atomic E-state index is 13.1. The van der Waals surface area contributed by atoms with E-state index in [1.807, 2.05) is 24.3 Å². The maximum atomic E-state index is 13.1. The van der Waals surface area contributed by atoms with Crippen molar-refractivity contribution in [1.29, 1.82) is 0 Å². The third kappa shape index (κ3) is 5.30. The van der Waals surface area contributed by atoms with Gasteiger partial charge in [0.05, 0.1) is 19.1 Å². The molecule has 5 nitrogen and oxygen atoms in total. The maximum Gasteiger partial charge on any atom is 0.224 e. The van der Waals surface area contributed by atoms with Crippen LogP contribution >= 0.6 is 0 Å². The molecule has 0 unspecified atom stereocenters. The topological polar surface area (TPSA) is 61.8 Å². The fourth-order valence-corrected chi connectivity index (χ4v) is 3.54. The van der Waals surface area contributed by atoms with Gasteiger partial charge in [-0.05, 0) is 48.2 Å². The summed E-state index contributed by atoms with van der Waals surface area (Å²) in [6.07, 6.45) is 1.53. The van der Waals surface area contributed by atoms with Crippen molar-refractivity contribution in [1.82, 2.24) is 10.2 Å². The second kappa shape index (κ2) is 9.17. The van der Waals surface area contributed by atoms with Crippen molar-refractivity contribution in [2.75, 3.05) is 33.3 Å². The average Bonchev–Trinajstić information content (AvgIpc) is 2.70. The Kier molecular flexibility index (Phi) is 6.65. The summed E-state index contributed by atoms with van der Waals surface area (Å²) in [7, 11) is 1.61. The van der Waals surface area contributed by atoms with Crippen LogP contribution in [0.4, 0.5) is 4.39 Å². The Morgan fingerprint density at radius 3 is 2.39 bits per heavy atom. The molecule has 1 fully saturated rings. The fraction of sp³-hybridized carbons (Fsp3) is 0.409. The molecule has 0 aromatic heterocycles. The minimum absolute atomic E-state index is 0.00927. The van der Waals surface area contributed by atoms with Crippen LogP contribution < -0.4 is 10.1 Å². The highest BCUT2D eigenvalue weighted by Crippen LogP contribution is 2.32. The fourth-order valence-electron chi connectivity index (χ4n) is 3.54. The van der Waals surface area contributed by atoms with Gasteiger partial charge in [0.2, 0.25) is 5.91 Å². The summed E-state index contributed by atoms with van der Waals surface area (Å²) < 4.78 is 18.2. The van der Waals surface area contributed by atoms with E-state index in [0.717, 1.165) is 36.5 Å². The first kappa shape index (κ1) is 20.3. The van der Waals surface area contributed by atoms with E-state index in [9.17, 15) is 14.3 Å². The first-order valence-electron chi connectivity index (χ1n) is 9.59. The predicted molar refractivity (Wildman–Crippen MR) is 106 cm³/mol. The van der Waals surface area contributed by atoms with E-state index in [1.165, 1.54) is 12.1 Å². The number of likely N-dealkylation sites (tertiary alicyclic amines) is 1. The van der Waals surface area contributed by atoms with Crippen LogP contribution in [0, 0.1) is 5.82 Å². The molecular formula is C22H27FN2O3. The Hall–Kier alpha value is -2.44. The molecule has 2 N–H and O–H groups in total. The molecule has 28 heavy (non-hydrogen) atoms. The zero-order valence-electron chi connectivity index (χ0n) is 16.2. The van der Waals surface area contributed by atoms with Gasteiger partial charge < -0.3 is 20.1 Å². The summed E-state index contributed by atoms with van der Waals surface area (Å²) in [5.74, 6) is 0.468. The number of methoxy groups -OCH3 is 1. The lowest BCUT2D eigenvalue weighted by molar-refractivity contribution is -0.120. The molecule has 1 amide bonds. The predicted octanol–water partition coefficient (Wildman–Crippen LogP) is 2.48. The molecule has 0 radical (unpaired) electrons. The summed E-state index contributed by atoms with van der Waals surface area (Å²) in [5.41, 5.74) is 0.809. The van der Waals surface area contributed by atoms with Crippen LogP contribution in [0.25, 0.3) is 0 Å². The second-order valence-electron chi connectivity index (χ2n) is 7.25. The smallest absolute Gasteiger partial charge is 0.224 e. The summed E-state index contributed by atoms with van der Waals surface area (Å²) in [6, 6.07) is 13.6. The highest BCUT2D eigenvalue weighted by Gasteiger charge is 2.33. The van der Waals surface area contributed by atoms with Crippen LogP contribution in [-0.2, 0) is 16.8 Å². The Morgan fingerprint density at radius 1 is 1.14 bits per heavy atom. The Bertz CT molecular complexity index is 769. The molecule has 1 aliphatic rings. The van der Waals surface area contributed by atoms with E-state index in [2.05, 4.69) is 10.2 Å². The van der Waals surface area contributed by atoms with Gasteiger partial charge >= 0.3 is 0 Å². The number of carbonyl (C=O) groups is 1. The largest absolute Gasteiger partial charge is 0.497 e. The van der Waals surface area contributed by atoms with Crippen molar-refractivity contribution in [3.05, 3.63) is 65.5 Å². The number of rotatable bonds is 7. The quantitative estimate of drug-likeness (QED) is 0.768. The number of nitrogens with zero attached hydrogens (tertiary/aromatic N) is 1. The molecule has 2 aromatic rings. The second-order valence-corrected chi connectivity index (χ2v) is 7.25. The van der Waals surface area contributed by atoms with E-state index in [-0.39, 0.29) is 11.7 Å². The number of piperidine rings is 1. The number of hydrogen-bond acceptors (Lipinski definition) is 4. The Labute approximate surface area is 165 Å². The number of ether oxygens (including phenoxy) is 1. The van der Waals surface area contributed by atoms with Gasteiger partial charge in [-0.1, -0.05) is 24.3 Å². The van der Waals surface area contributed by atoms with Crippen molar-refractivity contribution in [3.8, 4) is 5.75 Å². The SMILES string of the molecule is COc1ccc(CC(=O)NCCN2CCC(O)(c3ccc(F)cc3)CC2)cc1. The van der Waals surface area contributed by atoms with Crippen LogP contribution in [0.2, 0.25) is 0 Å². The van der Waals surface area contributed by atoms with Gasteiger partial charge in [0.1, 0.15) is 11.6 Å². The van der Waals surface area contributed by atoms with Gasteiger partial charge in [-0.25, -0.2) is 4.39 Å². The molecule has 0 aliphatic carbocycles. The zero-order chi connectivity index (χ0) is 20.0. The van der Waals surface area contributed by atoms with Crippen LogP contribution in [0.15, 0.2) is 48.5 Å². The van der Waals surface area contributed by atoms with Crippen molar-refractivity contribution in [3.63, 3.8) is 0 Å². The monoisotopic (exact) mass is 386 g/mol. The lowest BCUT2D eigenvalue weighted by atomic mass is 9.84. The molecule has 0 spiro atoms. The molecule has 0 saturated carbocycles. The third-order valence-electron chi connectivity index (χ3n) is 5.34. The first-order valence-corrected chi connectivity index (χ1v) is 9.59. The molecular weight excluding hydrogens is 359 g/mol. The van der Waals surface area contributed by atoms with Crippen molar-refractivity contribution in [2.24, 2.45) is 0 Å². The number of halogens is 1. The average molecular weight is 386 g/mol. The molecule has 2 aromatic carbocycles. The number of amides is 1. The van der Waals surface area contributed by atoms with E-state index in [0.29, 0.717) is 25.8 Å². The van der Waals surface area contributed by atoms with E-state index in [1.54, 1.807) is 19.2 Å². The summed E-state index contributed by atoms with van der Waals surface area (Å²) in [4.78, 5) is 14.3. The van der Waals surface area contributed by atoms with Gasteiger partial charge in [0.25, 0.3) is 0 Å². The van der Waals surface area contributed by atoms with Gasteiger partial charge in [-0.2, -0.15) is 0 Å². The molecule has 1 heterocycles. The lowest BCUT2D eigenvalue weighted by Gasteiger charge is -2.38. The molecule has 0 bridgehead atoms. The summed E-state index contributed by atoms with van der Waals surface area (Å²) in [6.45, 7) is 2.79. The van der Waals surface area contributed by atoms with Crippen molar-refractivity contribution in [2.45, 2.75) is 24.9 Å².